The average molecular weight is 272 g/mol. The second kappa shape index (κ2) is 5.23. The van der Waals surface area contributed by atoms with Gasteiger partial charge in [0.1, 0.15) is 0 Å². The molecule has 3 rings (SSSR count). The van der Waals surface area contributed by atoms with Gasteiger partial charge in [0, 0.05) is 24.4 Å². The van der Waals surface area contributed by atoms with E-state index in [1.807, 2.05) is 6.20 Å². The number of fused-ring (bicyclic) bond motifs is 1. The molecule has 1 atom stereocenters. The number of hydrogen-bond donors (Lipinski definition) is 2. The molecule has 1 fully saturated rings. The number of aromatic nitrogens is 1. The molecule has 0 bridgehead atoms. The summed E-state index contributed by atoms with van der Waals surface area (Å²) in [4.78, 5) is 3.24. The van der Waals surface area contributed by atoms with Crippen molar-refractivity contribution in [3.05, 3.63) is 36.0 Å². The predicted molar refractivity (Wildman–Crippen MR) is 82.9 cm³/mol. The molecule has 0 amide bonds. The van der Waals surface area contributed by atoms with Gasteiger partial charge in [-0.05, 0) is 47.9 Å². The molecule has 2 N–H and O–H groups in total. The first-order chi connectivity index (χ1) is 9.64. The maximum atomic E-state index is 5.44. The fourth-order valence-electron chi connectivity index (χ4n) is 3.05. The van der Waals surface area contributed by atoms with Crippen molar-refractivity contribution in [1.82, 2.24) is 10.3 Å². The zero-order valence-corrected chi connectivity index (χ0v) is 12.6. The van der Waals surface area contributed by atoms with E-state index in [2.05, 4.69) is 48.4 Å². The zero-order valence-electron chi connectivity index (χ0n) is 12.6. The van der Waals surface area contributed by atoms with Crippen LogP contribution in [0.5, 0.6) is 0 Å². The Bertz CT molecular complexity index is 583. The lowest BCUT2D eigenvalue weighted by atomic mass is 9.98. The van der Waals surface area contributed by atoms with E-state index in [-0.39, 0.29) is 6.04 Å². The summed E-state index contributed by atoms with van der Waals surface area (Å²) in [5, 5.41) is 5.11. The second-order valence-corrected chi connectivity index (χ2v) is 6.29. The van der Waals surface area contributed by atoms with E-state index < -0.39 is 0 Å². The molecular weight excluding hydrogens is 248 g/mol. The van der Waals surface area contributed by atoms with Gasteiger partial charge >= 0.3 is 0 Å². The smallest absolute Gasteiger partial charge is 0.0657 e. The van der Waals surface area contributed by atoms with Gasteiger partial charge in [-0.2, -0.15) is 0 Å². The van der Waals surface area contributed by atoms with Gasteiger partial charge in [-0.15, -0.1) is 0 Å². The average Bonchev–Trinajstić information content (AvgIpc) is 3.07. The van der Waals surface area contributed by atoms with Gasteiger partial charge in [0.15, 0.2) is 0 Å². The molecule has 1 heterocycles. The Hall–Kier alpha value is -1.32. The van der Waals surface area contributed by atoms with Gasteiger partial charge in [-0.25, -0.2) is 0 Å². The summed E-state index contributed by atoms with van der Waals surface area (Å²) in [6, 6.07) is 9.01. The van der Waals surface area contributed by atoms with Gasteiger partial charge in [0.2, 0.25) is 0 Å². The molecular formula is C17H24N2O. The van der Waals surface area contributed by atoms with Crippen LogP contribution in [0.25, 0.3) is 10.9 Å². The monoisotopic (exact) mass is 272 g/mol. The van der Waals surface area contributed by atoms with E-state index in [1.165, 1.54) is 29.3 Å². The molecule has 1 saturated carbocycles. The first kappa shape index (κ1) is 13.7. The molecule has 0 saturated heterocycles. The normalized spacial score (nSPS) is 18.6. The molecule has 0 spiro atoms. The van der Waals surface area contributed by atoms with Crippen LogP contribution in [0.4, 0.5) is 0 Å². The SMILES string of the molecule is COCC(NC1(C(C)C)CC1)c1ccc2[nH]ccc2c1. The minimum Gasteiger partial charge on any atom is -0.383 e. The van der Waals surface area contributed by atoms with Gasteiger partial charge in [-0.3, -0.25) is 0 Å². The Morgan fingerprint density at radius 3 is 2.75 bits per heavy atom. The number of H-pyrrole nitrogens is 1. The fourth-order valence-corrected chi connectivity index (χ4v) is 3.05. The third-order valence-corrected chi connectivity index (χ3v) is 4.67. The Balaban J connectivity index is 1.85. The van der Waals surface area contributed by atoms with E-state index in [4.69, 9.17) is 4.74 Å². The summed E-state index contributed by atoms with van der Waals surface area (Å²) in [7, 11) is 1.78. The summed E-state index contributed by atoms with van der Waals surface area (Å²) in [5.41, 5.74) is 2.82. The molecule has 108 valence electrons. The third-order valence-electron chi connectivity index (χ3n) is 4.67. The van der Waals surface area contributed by atoms with Gasteiger partial charge in [0.05, 0.1) is 12.6 Å². The van der Waals surface area contributed by atoms with Crippen molar-refractivity contribution >= 4 is 10.9 Å². The number of benzene rings is 1. The van der Waals surface area contributed by atoms with Crippen LogP contribution in [-0.4, -0.2) is 24.2 Å². The van der Waals surface area contributed by atoms with E-state index in [0.717, 1.165) is 0 Å². The number of nitrogens with one attached hydrogen (secondary N) is 2. The van der Waals surface area contributed by atoms with E-state index in [1.54, 1.807) is 7.11 Å². The van der Waals surface area contributed by atoms with Crippen LogP contribution in [0.3, 0.4) is 0 Å². The minimum absolute atomic E-state index is 0.268. The van der Waals surface area contributed by atoms with Crippen molar-refractivity contribution in [2.75, 3.05) is 13.7 Å². The van der Waals surface area contributed by atoms with E-state index in [0.29, 0.717) is 18.1 Å². The topological polar surface area (TPSA) is 37.0 Å². The molecule has 1 aromatic carbocycles. The van der Waals surface area contributed by atoms with E-state index >= 15 is 0 Å². The van der Waals surface area contributed by atoms with Gasteiger partial charge < -0.3 is 15.0 Å². The van der Waals surface area contributed by atoms with Crippen molar-refractivity contribution in [3.8, 4) is 0 Å². The molecule has 20 heavy (non-hydrogen) atoms. The lowest BCUT2D eigenvalue weighted by Crippen LogP contribution is -2.40. The molecule has 3 nitrogen and oxygen atoms in total. The van der Waals surface area contributed by atoms with Crippen LogP contribution in [0.15, 0.2) is 30.5 Å². The summed E-state index contributed by atoms with van der Waals surface area (Å²) >= 11 is 0. The van der Waals surface area contributed by atoms with Crippen LogP contribution in [-0.2, 0) is 4.74 Å². The van der Waals surface area contributed by atoms with Crippen LogP contribution < -0.4 is 5.32 Å². The summed E-state index contributed by atoms with van der Waals surface area (Å²) in [6.45, 7) is 5.32. The lowest BCUT2D eigenvalue weighted by molar-refractivity contribution is 0.152. The van der Waals surface area contributed by atoms with Crippen LogP contribution in [0.2, 0.25) is 0 Å². The Morgan fingerprint density at radius 1 is 1.30 bits per heavy atom. The second-order valence-electron chi connectivity index (χ2n) is 6.29. The Labute approximate surface area is 120 Å². The first-order valence-corrected chi connectivity index (χ1v) is 7.48. The lowest BCUT2D eigenvalue weighted by Gasteiger charge is -2.28. The Morgan fingerprint density at radius 2 is 2.10 bits per heavy atom. The summed E-state index contributed by atoms with van der Waals surface area (Å²) in [5.74, 6) is 0.665. The van der Waals surface area contributed by atoms with Crippen molar-refractivity contribution in [1.29, 1.82) is 0 Å². The molecule has 3 heteroatoms. The minimum atomic E-state index is 0.268. The summed E-state index contributed by atoms with van der Waals surface area (Å²) < 4.78 is 5.44. The molecule has 0 radical (unpaired) electrons. The molecule has 1 unspecified atom stereocenters. The maximum Gasteiger partial charge on any atom is 0.0657 e. The van der Waals surface area contributed by atoms with Crippen molar-refractivity contribution in [2.24, 2.45) is 5.92 Å². The molecule has 1 aliphatic carbocycles. The largest absolute Gasteiger partial charge is 0.383 e. The highest BCUT2D eigenvalue weighted by molar-refractivity contribution is 5.80. The standard InChI is InChI=1S/C17H24N2O/c1-12(2)17(7-8-17)19-16(11-20-3)13-4-5-15-14(10-13)6-9-18-15/h4-6,9-10,12,16,18-19H,7-8,11H2,1-3H3. The quantitative estimate of drug-likeness (QED) is 0.842. The zero-order chi connectivity index (χ0) is 14.2. The highest BCUT2D eigenvalue weighted by Gasteiger charge is 2.46. The van der Waals surface area contributed by atoms with E-state index in [9.17, 15) is 0 Å². The molecule has 1 aromatic heterocycles. The Kier molecular flexibility index (Phi) is 3.57. The number of methoxy groups -OCH3 is 1. The van der Waals surface area contributed by atoms with Crippen LogP contribution in [0, 0.1) is 5.92 Å². The number of ether oxygens (including phenoxy) is 1. The number of aromatic amines is 1. The van der Waals surface area contributed by atoms with Crippen molar-refractivity contribution in [3.63, 3.8) is 0 Å². The number of hydrogen-bond acceptors (Lipinski definition) is 2. The number of rotatable bonds is 6. The highest BCUT2D eigenvalue weighted by atomic mass is 16.5. The predicted octanol–water partition coefficient (Wildman–Crippen LogP) is 3.63. The van der Waals surface area contributed by atoms with Crippen molar-refractivity contribution in [2.45, 2.75) is 38.3 Å². The van der Waals surface area contributed by atoms with Gasteiger partial charge in [0.25, 0.3) is 0 Å². The fraction of sp³-hybridized carbons (Fsp3) is 0.529. The molecule has 2 aromatic rings. The molecule has 1 aliphatic rings. The van der Waals surface area contributed by atoms with Crippen LogP contribution >= 0.6 is 0 Å². The van der Waals surface area contributed by atoms with Crippen molar-refractivity contribution < 1.29 is 4.74 Å². The summed E-state index contributed by atoms with van der Waals surface area (Å²) in [6.07, 6.45) is 4.54. The van der Waals surface area contributed by atoms with Gasteiger partial charge in [-0.1, -0.05) is 19.9 Å². The maximum absolute atomic E-state index is 5.44. The van der Waals surface area contributed by atoms with Crippen LogP contribution in [0.1, 0.15) is 38.3 Å². The molecule has 0 aliphatic heterocycles. The highest BCUT2D eigenvalue weighted by Crippen LogP contribution is 2.44. The first-order valence-electron chi connectivity index (χ1n) is 7.48. The third kappa shape index (κ3) is 2.48.